The van der Waals surface area contributed by atoms with Crippen LogP contribution in [0.25, 0.3) is 10.2 Å². The molecule has 0 aromatic carbocycles. The number of hydrogen-bond acceptors (Lipinski definition) is 7. The average Bonchev–Trinajstić information content (AvgIpc) is 3.37. The van der Waals surface area contributed by atoms with Gasteiger partial charge >= 0.3 is 0 Å². The van der Waals surface area contributed by atoms with Gasteiger partial charge in [-0.3, -0.25) is 9.59 Å². The molecule has 1 unspecified atom stereocenters. The third kappa shape index (κ3) is 3.52. The van der Waals surface area contributed by atoms with Crippen LogP contribution in [0.2, 0.25) is 0 Å². The van der Waals surface area contributed by atoms with Crippen LogP contribution < -0.4 is 11.1 Å². The largest absolute Gasteiger partial charge is 0.365 e. The van der Waals surface area contributed by atoms with Gasteiger partial charge in [-0.15, -0.1) is 22.7 Å². The summed E-state index contributed by atoms with van der Waals surface area (Å²) in [6.07, 6.45) is 7.76. The number of thioether (sulfide) groups is 1. The zero-order chi connectivity index (χ0) is 20.8. The molecule has 156 valence electrons. The molecule has 0 bridgehead atoms. The number of nitrogens with two attached hydrogens (primary N) is 1. The first kappa shape index (κ1) is 20.0. The van der Waals surface area contributed by atoms with Crippen LogP contribution in [0.3, 0.4) is 0 Å². The standard InChI is InChI=1S/C21H22N4O2S3/c1-10-5-6-12-14(7-10)30-20-17(12)19(23-9-24-20)28-8-15(26)25-21-16(18(22)27)11-3-2-4-13(11)29-21/h9-10H,2-8H2,1H3,(H2,22,27)(H,25,26). The minimum absolute atomic E-state index is 0.146. The molecule has 3 aromatic heterocycles. The van der Waals surface area contributed by atoms with Crippen molar-refractivity contribution in [3.63, 3.8) is 0 Å². The second-order valence-corrected chi connectivity index (χ2v) is 11.1. The molecule has 1 atom stereocenters. The maximum absolute atomic E-state index is 12.7. The number of nitrogens with one attached hydrogen (secondary N) is 1. The molecule has 5 rings (SSSR count). The zero-order valence-corrected chi connectivity index (χ0v) is 19.1. The van der Waals surface area contributed by atoms with E-state index in [0.29, 0.717) is 16.5 Å². The van der Waals surface area contributed by atoms with Crippen LogP contribution in [0.15, 0.2) is 11.4 Å². The highest BCUT2D eigenvalue weighted by molar-refractivity contribution is 8.00. The number of amides is 2. The third-order valence-electron chi connectivity index (χ3n) is 5.82. The summed E-state index contributed by atoms with van der Waals surface area (Å²) in [4.78, 5) is 37.2. The van der Waals surface area contributed by atoms with Crippen LogP contribution in [-0.2, 0) is 30.5 Å². The van der Waals surface area contributed by atoms with E-state index in [0.717, 1.165) is 52.9 Å². The lowest BCUT2D eigenvalue weighted by Crippen LogP contribution is -2.19. The number of aromatic nitrogens is 2. The Balaban J connectivity index is 1.34. The molecule has 3 N–H and O–H groups in total. The van der Waals surface area contributed by atoms with Gasteiger partial charge < -0.3 is 11.1 Å². The summed E-state index contributed by atoms with van der Waals surface area (Å²) in [5.41, 5.74) is 8.47. The Morgan fingerprint density at radius 2 is 2.07 bits per heavy atom. The van der Waals surface area contributed by atoms with Crippen molar-refractivity contribution in [2.45, 2.75) is 50.5 Å². The number of rotatable bonds is 5. The Kier molecular flexibility index (Phi) is 5.28. The number of aryl methyl sites for hydroxylation is 2. The van der Waals surface area contributed by atoms with Gasteiger partial charge in [0.1, 0.15) is 21.2 Å². The summed E-state index contributed by atoms with van der Waals surface area (Å²) < 4.78 is 0. The van der Waals surface area contributed by atoms with Gasteiger partial charge in [-0.1, -0.05) is 18.7 Å². The van der Waals surface area contributed by atoms with E-state index in [-0.39, 0.29) is 11.7 Å². The number of hydrogen-bond donors (Lipinski definition) is 2. The van der Waals surface area contributed by atoms with Crippen LogP contribution in [0.5, 0.6) is 0 Å². The van der Waals surface area contributed by atoms with E-state index in [9.17, 15) is 9.59 Å². The molecule has 0 fully saturated rings. The van der Waals surface area contributed by atoms with Gasteiger partial charge in [-0.2, -0.15) is 0 Å². The maximum Gasteiger partial charge on any atom is 0.251 e. The fourth-order valence-corrected chi connectivity index (χ4v) is 7.96. The molecular formula is C21H22N4O2S3. The van der Waals surface area contributed by atoms with Crippen LogP contribution in [0.4, 0.5) is 5.00 Å². The zero-order valence-electron chi connectivity index (χ0n) is 16.6. The Labute approximate surface area is 186 Å². The topological polar surface area (TPSA) is 98.0 Å². The first-order chi connectivity index (χ1) is 14.5. The van der Waals surface area contributed by atoms with Crippen LogP contribution in [0.1, 0.15) is 51.0 Å². The smallest absolute Gasteiger partial charge is 0.251 e. The SMILES string of the molecule is CC1CCc2c(sc3ncnc(SCC(=O)Nc4sc5c(c4C(N)=O)CCC5)c23)C1. The van der Waals surface area contributed by atoms with Gasteiger partial charge in [0.25, 0.3) is 5.91 Å². The first-order valence-electron chi connectivity index (χ1n) is 10.1. The van der Waals surface area contributed by atoms with Crippen molar-refractivity contribution in [3.05, 3.63) is 32.8 Å². The molecule has 3 heterocycles. The summed E-state index contributed by atoms with van der Waals surface area (Å²) in [5, 5.41) is 5.50. The monoisotopic (exact) mass is 458 g/mol. The highest BCUT2D eigenvalue weighted by Crippen LogP contribution is 2.41. The van der Waals surface area contributed by atoms with Gasteiger partial charge in [-0.05, 0) is 55.6 Å². The molecule has 0 aliphatic heterocycles. The second-order valence-electron chi connectivity index (χ2n) is 7.97. The summed E-state index contributed by atoms with van der Waals surface area (Å²) in [5.74, 6) is 0.321. The Morgan fingerprint density at radius 1 is 1.20 bits per heavy atom. The number of anilines is 1. The minimum atomic E-state index is -0.464. The van der Waals surface area contributed by atoms with Gasteiger partial charge in [0.2, 0.25) is 5.91 Å². The molecule has 30 heavy (non-hydrogen) atoms. The van der Waals surface area contributed by atoms with Gasteiger partial charge in [0.15, 0.2) is 0 Å². The van der Waals surface area contributed by atoms with Crippen LogP contribution in [0, 0.1) is 5.92 Å². The fourth-order valence-electron chi connectivity index (χ4n) is 4.41. The summed E-state index contributed by atoms with van der Waals surface area (Å²) in [6.45, 7) is 2.29. The summed E-state index contributed by atoms with van der Waals surface area (Å²) >= 11 is 4.67. The molecule has 2 aliphatic carbocycles. The molecule has 0 radical (unpaired) electrons. The Morgan fingerprint density at radius 3 is 2.90 bits per heavy atom. The predicted octanol–water partition coefficient (Wildman–Crippen LogP) is 4.20. The molecule has 0 saturated heterocycles. The van der Waals surface area contributed by atoms with Gasteiger partial charge in [-0.25, -0.2) is 9.97 Å². The quantitative estimate of drug-likeness (QED) is 0.441. The highest BCUT2D eigenvalue weighted by atomic mass is 32.2. The van der Waals surface area contributed by atoms with E-state index in [4.69, 9.17) is 5.73 Å². The number of fused-ring (bicyclic) bond motifs is 4. The minimum Gasteiger partial charge on any atom is -0.365 e. The van der Waals surface area contributed by atoms with E-state index >= 15 is 0 Å². The van der Waals surface area contributed by atoms with Crippen molar-refractivity contribution in [1.29, 1.82) is 0 Å². The molecule has 2 amide bonds. The lowest BCUT2D eigenvalue weighted by molar-refractivity contribution is -0.113. The molecule has 0 saturated carbocycles. The molecule has 0 spiro atoms. The first-order valence-corrected chi connectivity index (χ1v) is 12.8. The molecule has 3 aromatic rings. The molecule has 2 aliphatic rings. The van der Waals surface area contributed by atoms with E-state index in [1.54, 1.807) is 17.7 Å². The van der Waals surface area contributed by atoms with Crippen LogP contribution in [-0.4, -0.2) is 27.5 Å². The predicted molar refractivity (Wildman–Crippen MR) is 123 cm³/mol. The van der Waals surface area contributed by atoms with Crippen molar-refractivity contribution in [2.75, 3.05) is 11.1 Å². The lowest BCUT2D eigenvalue weighted by atomic mass is 9.89. The van der Waals surface area contributed by atoms with Crippen molar-refractivity contribution in [3.8, 4) is 0 Å². The Bertz CT molecular complexity index is 1170. The van der Waals surface area contributed by atoms with Gasteiger partial charge in [0, 0.05) is 15.1 Å². The summed E-state index contributed by atoms with van der Waals surface area (Å²) in [6, 6.07) is 0. The van der Waals surface area contributed by atoms with E-state index in [1.807, 2.05) is 0 Å². The molecule has 6 nitrogen and oxygen atoms in total. The maximum atomic E-state index is 12.7. The van der Waals surface area contributed by atoms with E-state index in [1.165, 1.54) is 44.8 Å². The van der Waals surface area contributed by atoms with Gasteiger partial charge in [0.05, 0.1) is 11.3 Å². The van der Waals surface area contributed by atoms with Crippen molar-refractivity contribution < 1.29 is 9.59 Å². The highest BCUT2D eigenvalue weighted by Gasteiger charge is 2.27. The summed E-state index contributed by atoms with van der Waals surface area (Å²) in [7, 11) is 0. The Hall–Kier alpha value is -1.97. The van der Waals surface area contributed by atoms with Crippen molar-refractivity contribution in [1.82, 2.24) is 9.97 Å². The average molecular weight is 459 g/mol. The van der Waals surface area contributed by atoms with Crippen molar-refractivity contribution in [2.24, 2.45) is 11.7 Å². The number of carbonyl (C=O) groups excluding carboxylic acids is 2. The number of primary amides is 1. The molecule has 9 heteroatoms. The third-order valence-corrected chi connectivity index (χ3v) is 9.18. The van der Waals surface area contributed by atoms with Crippen LogP contribution >= 0.6 is 34.4 Å². The number of thiophene rings is 2. The van der Waals surface area contributed by atoms with Crippen molar-refractivity contribution >= 4 is 61.5 Å². The number of nitrogens with zero attached hydrogens (tertiary/aromatic N) is 2. The van der Waals surface area contributed by atoms with E-state index < -0.39 is 5.91 Å². The number of carbonyl (C=O) groups is 2. The molecular weight excluding hydrogens is 436 g/mol. The normalized spacial score (nSPS) is 17.7. The fraction of sp³-hybridized carbons (Fsp3) is 0.429. The van der Waals surface area contributed by atoms with E-state index in [2.05, 4.69) is 22.2 Å². The lowest BCUT2D eigenvalue weighted by Gasteiger charge is -2.18. The second kappa shape index (κ2) is 7.94.